The summed E-state index contributed by atoms with van der Waals surface area (Å²) >= 11 is 1.46. The monoisotopic (exact) mass is 462 g/mol. The van der Waals surface area contributed by atoms with Gasteiger partial charge in [0.25, 0.3) is 0 Å². The Labute approximate surface area is 194 Å². The van der Waals surface area contributed by atoms with Crippen molar-refractivity contribution in [2.75, 3.05) is 26.6 Å². The van der Waals surface area contributed by atoms with E-state index in [0.717, 1.165) is 32.1 Å². The standard InChI is InChI=1S/C25H22N2O5S/c1-30-17-6-4-16(5-7-17)27-24-19-12-20(31-2)21(32-3)14-22(19)33-23(24)13-18(25(28)29)15-8-10-26-11-9-15/h4-14,27H,1-3H3,(H,28,29). The highest BCUT2D eigenvalue weighted by atomic mass is 32.1. The average molecular weight is 463 g/mol. The lowest BCUT2D eigenvalue weighted by Gasteiger charge is -2.11. The number of rotatable bonds is 8. The Balaban J connectivity index is 1.91. The molecule has 0 radical (unpaired) electrons. The van der Waals surface area contributed by atoms with Crippen molar-refractivity contribution in [2.45, 2.75) is 0 Å². The first-order chi connectivity index (χ1) is 16.0. The van der Waals surface area contributed by atoms with Crippen molar-refractivity contribution in [1.29, 1.82) is 0 Å². The third-order valence-corrected chi connectivity index (χ3v) is 6.18. The van der Waals surface area contributed by atoms with Crippen molar-refractivity contribution in [3.05, 3.63) is 71.4 Å². The van der Waals surface area contributed by atoms with E-state index < -0.39 is 5.97 Å². The summed E-state index contributed by atoms with van der Waals surface area (Å²) in [6.07, 6.45) is 4.82. The Morgan fingerprint density at radius 2 is 1.64 bits per heavy atom. The van der Waals surface area contributed by atoms with Crippen molar-refractivity contribution in [3.63, 3.8) is 0 Å². The summed E-state index contributed by atoms with van der Waals surface area (Å²) in [7, 11) is 4.78. The number of fused-ring (bicyclic) bond motifs is 1. The number of aliphatic carboxylic acids is 1. The maximum Gasteiger partial charge on any atom is 0.336 e. The van der Waals surface area contributed by atoms with Crippen LogP contribution in [0.1, 0.15) is 10.4 Å². The molecule has 0 saturated heterocycles. The van der Waals surface area contributed by atoms with E-state index in [1.165, 1.54) is 11.3 Å². The maximum absolute atomic E-state index is 12.1. The second-order valence-electron chi connectivity index (χ2n) is 7.00. The summed E-state index contributed by atoms with van der Waals surface area (Å²) in [6, 6.07) is 14.6. The second-order valence-corrected chi connectivity index (χ2v) is 8.08. The normalized spacial score (nSPS) is 11.3. The second kappa shape index (κ2) is 9.62. The minimum absolute atomic E-state index is 0.167. The molecule has 2 aromatic heterocycles. The third kappa shape index (κ3) is 4.61. The van der Waals surface area contributed by atoms with E-state index >= 15 is 0 Å². The van der Waals surface area contributed by atoms with Crippen LogP contribution in [0.5, 0.6) is 17.2 Å². The van der Waals surface area contributed by atoms with E-state index in [4.69, 9.17) is 14.2 Å². The predicted molar refractivity (Wildman–Crippen MR) is 131 cm³/mol. The molecular formula is C25H22N2O5S. The zero-order chi connectivity index (χ0) is 23.4. The first kappa shape index (κ1) is 22.2. The lowest BCUT2D eigenvalue weighted by Crippen LogP contribution is -2.00. The maximum atomic E-state index is 12.1. The molecule has 0 unspecified atom stereocenters. The molecule has 0 aliphatic heterocycles. The summed E-state index contributed by atoms with van der Waals surface area (Å²) < 4.78 is 17.1. The molecule has 2 heterocycles. The van der Waals surface area contributed by atoms with Gasteiger partial charge in [-0.15, -0.1) is 11.3 Å². The number of aromatic nitrogens is 1. The van der Waals surface area contributed by atoms with Crippen molar-refractivity contribution >= 4 is 50.4 Å². The molecule has 4 rings (SSSR count). The van der Waals surface area contributed by atoms with Gasteiger partial charge >= 0.3 is 5.97 Å². The van der Waals surface area contributed by atoms with Crippen LogP contribution in [0.2, 0.25) is 0 Å². The molecular weight excluding hydrogens is 440 g/mol. The van der Waals surface area contributed by atoms with Gasteiger partial charge in [0.05, 0.1) is 37.5 Å². The molecule has 168 valence electrons. The predicted octanol–water partition coefficient (Wildman–Crippen LogP) is 5.69. The molecule has 0 spiro atoms. The fourth-order valence-corrected chi connectivity index (χ4v) is 4.54. The zero-order valence-corrected chi connectivity index (χ0v) is 19.1. The number of nitrogens with zero attached hydrogens (tertiary/aromatic N) is 1. The molecule has 33 heavy (non-hydrogen) atoms. The minimum Gasteiger partial charge on any atom is -0.497 e. The highest BCUT2D eigenvalue weighted by molar-refractivity contribution is 7.20. The van der Waals surface area contributed by atoms with Gasteiger partial charge in [0.2, 0.25) is 0 Å². The largest absolute Gasteiger partial charge is 0.497 e. The van der Waals surface area contributed by atoms with E-state index in [9.17, 15) is 9.90 Å². The molecule has 0 aliphatic rings. The lowest BCUT2D eigenvalue weighted by molar-refractivity contribution is -0.130. The van der Waals surface area contributed by atoms with Crippen LogP contribution in [-0.4, -0.2) is 37.4 Å². The van der Waals surface area contributed by atoms with Gasteiger partial charge in [0.15, 0.2) is 11.5 Å². The molecule has 8 heteroatoms. The smallest absolute Gasteiger partial charge is 0.336 e. The molecule has 2 aromatic carbocycles. The Kier molecular flexibility index (Phi) is 6.46. The average Bonchev–Trinajstić information content (AvgIpc) is 3.18. The number of carboxylic acids is 1. The Hall–Kier alpha value is -4.04. The van der Waals surface area contributed by atoms with Crippen molar-refractivity contribution < 1.29 is 24.1 Å². The molecule has 0 atom stereocenters. The molecule has 4 aromatic rings. The van der Waals surface area contributed by atoms with Crippen molar-refractivity contribution in [1.82, 2.24) is 4.98 Å². The number of carboxylic acid groups (broad SMARTS) is 1. The molecule has 0 aliphatic carbocycles. The van der Waals surface area contributed by atoms with Crippen LogP contribution in [0.3, 0.4) is 0 Å². The van der Waals surface area contributed by atoms with E-state index in [-0.39, 0.29) is 5.57 Å². The number of methoxy groups -OCH3 is 3. The van der Waals surface area contributed by atoms with Crippen LogP contribution >= 0.6 is 11.3 Å². The lowest BCUT2D eigenvalue weighted by atomic mass is 10.1. The molecule has 2 N–H and O–H groups in total. The molecule has 0 saturated carbocycles. The Morgan fingerprint density at radius 3 is 2.24 bits per heavy atom. The highest BCUT2D eigenvalue weighted by Crippen LogP contribution is 2.44. The van der Waals surface area contributed by atoms with E-state index in [1.807, 2.05) is 36.4 Å². The molecule has 0 bridgehead atoms. The summed E-state index contributed by atoms with van der Waals surface area (Å²) in [5, 5.41) is 14.2. The number of nitrogens with one attached hydrogen (secondary N) is 1. The van der Waals surface area contributed by atoms with Crippen molar-refractivity contribution in [3.8, 4) is 17.2 Å². The molecule has 0 amide bonds. The molecule has 0 fully saturated rings. The summed E-state index contributed by atoms with van der Waals surface area (Å²) in [5.74, 6) is 0.909. The number of hydrogen-bond acceptors (Lipinski definition) is 7. The SMILES string of the molecule is COc1ccc(Nc2c(C=C(C(=O)O)c3ccncc3)sc3cc(OC)c(OC)cc23)cc1. The molecule has 7 nitrogen and oxygen atoms in total. The van der Waals surface area contributed by atoms with Gasteiger partial charge in [0.1, 0.15) is 5.75 Å². The first-order valence-corrected chi connectivity index (χ1v) is 10.8. The van der Waals surface area contributed by atoms with E-state index in [1.54, 1.807) is 51.9 Å². The summed E-state index contributed by atoms with van der Waals surface area (Å²) in [5.41, 5.74) is 2.34. The van der Waals surface area contributed by atoms with Gasteiger partial charge in [-0.05, 0) is 54.1 Å². The fourth-order valence-electron chi connectivity index (χ4n) is 3.42. The number of carbonyl (C=O) groups is 1. The van der Waals surface area contributed by atoms with Gasteiger partial charge in [-0.1, -0.05) is 0 Å². The number of thiophene rings is 1. The van der Waals surface area contributed by atoms with Gasteiger partial charge < -0.3 is 24.6 Å². The van der Waals surface area contributed by atoms with Gasteiger partial charge in [-0.25, -0.2) is 4.79 Å². The number of ether oxygens (including phenoxy) is 3. The van der Waals surface area contributed by atoms with Crippen LogP contribution in [0.15, 0.2) is 60.9 Å². The highest BCUT2D eigenvalue weighted by Gasteiger charge is 2.18. The van der Waals surface area contributed by atoms with Crippen LogP contribution in [0, 0.1) is 0 Å². The van der Waals surface area contributed by atoms with Crippen molar-refractivity contribution in [2.24, 2.45) is 0 Å². The van der Waals surface area contributed by atoms with Crippen LogP contribution in [0.25, 0.3) is 21.7 Å². The number of anilines is 2. The Morgan fingerprint density at radius 1 is 0.970 bits per heavy atom. The van der Waals surface area contributed by atoms with E-state index in [2.05, 4.69) is 10.3 Å². The third-order valence-electron chi connectivity index (χ3n) is 5.08. The van der Waals surface area contributed by atoms with Gasteiger partial charge in [0, 0.05) is 34.2 Å². The first-order valence-electron chi connectivity index (χ1n) is 9.99. The quantitative estimate of drug-likeness (QED) is 0.325. The number of pyridine rings is 1. The topological polar surface area (TPSA) is 89.9 Å². The zero-order valence-electron chi connectivity index (χ0n) is 18.3. The van der Waals surface area contributed by atoms with Gasteiger partial charge in [-0.2, -0.15) is 0 Å². The minimum atomic E-state index is -1.02. The van der Waals surface area contributed by atoms with Gasteiger partial charge in [-0.3, -0.25) is 4.98 Å². The van der Waals surface area contributed by atoms with E-state index in [0.29, 0.717) is 17.1 Å². The fraction of sp³-hybridized carbons (Fsp3) is 0.120. The van der Waals surface area contributed by atoms with Crippen LogP contribution in [0.4, 0.5) is 11.4 Å². The van der Waals surface area contributed by atoms with Crippen LogP contribution < -0.4 is 19.5 Å². The number of hydrogen-bond donors (Lipinski definition) is 2. The van der Waals surface area contributed by atoms with Crippen LogP contribution in [-0.2, 0) is 4.79 Å². The number of benzene rings is 2. The Bertz CT molecular complexity index is 1310. The summed E-state index contributed by atoms with van der Waals surface area (Å²) in [6.45, 7) is 0. The summed E-state index contributed by atoms with van der Waals surface area (Å²) in [4.78, 5) is 16.8.